The van der Waals surface area contributed by atoms with E-state index in [1.54, 1.807) is 12.1 Å². The SMILES string of the molecule is Cc1c(CN2CCCc3c(N)cccc32)cccc1[N+](=O)[O-]. The van der Waals surface area contributed by atoms with Gasteiger partial charge < -0.3 is 10.6 Å². The highest BCUT2D eigenvalue weighted by Crippen LogP contribution is 2.33. The van der Waals surface area contributed by atoms with Crippen molar-refractivity contribution in [3.63, 3.8) is 0 Å². The van der Waals surface area contributed by atoms with E-state index in [0.717, 1.165) is 41.9 Å². The molecular formula is C17H19N3O2. The molecule has 1 aliphatic heterocycles. The third kappa shape index (κ3) is 2.50. The number of nitro benzene ring substituents is 1. The normalized spacial score (nSPS) is 13.8. The molecule has 0 aliphatic carbocycles. The first kappa shape index (κ1) is 14.4. The fourth-order valence-electron chi connectivity index (χ4n) is 3.14. The van der Waals surface area contributed by atoms with E-state index in [-0.39, 0.29) is 10.6 Å². The Kier molecular flexibility index (Phi) is 3.71. The molecule has 22 heavy (non-hydrogen) atoms. The number of nitro groups is 1. The number of nitrogens with two attached hydrogens (primary N) is 1. The van der Waals surface area contributed by atoms with Gasteiger partial charge in [0, 0.05) is 36.1 Å². The van der Waals surface area contributed by atoms with Crippen molar-refractivity contribution in [2.24, 2.45) is 0 Å². The summed E-state index contributed by atoms with van der Waals surface area (Å²) in [6.07, 6.45) is 2.04. The van der Waals surface area contributed by atoms with Crippen LogP contribution in [0.2, 0.25) is 0 Å². The number of nitrogen functional groups attached to an aromatic ring is 1. The molecule has 0 amide bonds. The lowest BCUT2D eigenvalue weighted by Crippen LogP contribution is -2.29. The zero-order valence-electron chi connectivity index (χ0n) is 12.6. The van der Waals surface area contributed by atoms with Crippen LogP contribution in [0.3, 0.4) is 0 Å². The van der Waals surface area contributed by atoms with Crippen LogP contribution in [0.15, 0.2) is 36.4 Å². The fourth-order valence-corrected chi connectivity index (χ4v) is 3.14. The van der Waals surface area contributed by atoms with Crippen molar-refractivity contribution >= 4 is 17.1 Å². The zero-order valence-corrected chi connectivity index (χ0v) is 12.6. The summed E-state index contributed by atoms with van der Waals surface area (Å²) < 4.78 is 0. The van der Waals surface area contributed by atoms with E-state index < -0.39 is 0 Å². The average Bonchev–Trinajstić information content (AvgIpc) is 2.50. The molecule has 0 radical (unpaired) electrons. The van der Waals surface area contributed by atoms with Gasteiger partial charge in [0.25, 0.3) is 5.69 Å². The first-order valence-electron chi connectivity index (χ1n) is 7.43. The fraction of sp³-hybridized carbons (Fsp3) is 0.294. The lowest BCUT2D eigenvalue weighted by molar-refractivity contribution is -0.385. The molecule has 0 saturated carbocycles. The van der Waals surface area contributed by atoms with Gasteiger partial charge in [0.05, 0.1) is 4.92 Å². The van der Waals surface area contributed by atoms with Crippen molar-refractivity contribution in [2.45, 2.75) is 26.3 Å². The average molecular weight is 297 g/mol. The van der Waals surface area contributed by atoms with E-state index >= 15 is 0 Å². The quantitative estimate of drug-likeness (QED) is 0.535. The second-order valence-electron chi connectivity index (χ2n) is 5.69. The standard InChI is InChI=1S/C17H19N3O2/c1-12-13(5-2-8-16(12)20(21)22)11-19-10-4-6-14-15(18)7-3-9-17(14)19/h2-3,5,7-9H,4,6,10-11,18H2,1H3. The lowest BCUT2D eigenvalue weighted by atomic mass is 9.98. The second-order valence-corrected chi connectivity index (χ2v) is 5.69. The summed E-state index contributed by atoms with van der Waals surface area (Å²) in [5.41, 5.74) is 11.2. The Bertz CT molecular complexity index is 728. The number of rotatable bonds is 3. The number of hydrogen-bond acceptors (Lipinski definition) is 4. The number of fused-ring (bicyclic) bond motifs is 1. The van der Waals surface area contributed by atoms with E-state index in [1.807, 2.05) is 25.1 Å². The molecule has 0 spiro atoms. The van der Waals surface area contributed by atoms with E-state index in [0.29, 0.717) is 6.54 Å². The molecule has 2 aromatic carbocycles. The summed E-state index contributed by atoms with van der Waals surface area (Å²) in [5, 5.41) is 11.1. The van der Waals surface area contributed by atoms with Gasteiger partial charge in [0.15, 0.2) is 0 Å². The number of nitrogens with zero attached hydrogens (tertiary/aromatic N) is 2. The van der Waals surface area contributed by atoms with Crippen LogP contribution in [0.25, 0.3) is 0 Å². The maximum atomic E-state index is 11.1. The Labute approximate surface area is 129 Å². The minimum atomic E-state index is -0.318. The third-order valence-electron chi connectivity index (χ3n) is 4.36. The highest BCUT2D eigenvalue weighted by atomic mass is 16.6. The van der Waals surface area contributed by atoms with Gasteiger partial charge in [-0.15, -0.1) is 0 Å². The van der Waals surface area contributed by atoms with Crippen molar-refractivity contribution in [1.82, 2.24) is 0 Å². The van der Waals surface area contributed by atoms with Crippen LogP contribution in [-0.2, 0) is 13.0 Å². The molecule has 1 aliphatic rings. The van der Waals surface area contributed by atoms with Crippen molar-refractivity contribution in [2.75, 3.05) is 17.2 Å². The first-order valence-corrected chi connectivity index (χ1v) is 7.43. The smallest absolute Gasteiger partial charge is 0.272 e. The van der Waals surface area contributed by atoms with E-state index in [9.17, 15) is 10.1 Å². The Balaban J connectivity index is 1.94. The lowest BCUT2D eigenvalue weighted by Gasteiger charge is -2.32. The van der Waals surface area contributed by atoms with Crippen LogP contribution in [0, 0.1) is 17.0 Å². The van der Waals surface area contributed by atoms with E-state index in [1.165, 1.54) is 5.56 Å². The van der Waals surface area contributed by atoms with Gasteiger partial charge in [-0.1, -0.05) is 18.2 Å². The van der Waals surface area contributed by atoms with Crippen molar-refractivity contribution < 1.29 is 4.92 Å². The van der Waals surface area contributed by atoms with Crippen LogP contribution in [-0.4, -0.2) is 11.5 Å². The summed E-state index contributed by atoms with van der Waals surface area (Å²) in [6.45, 7) is 3.43. The van der Waals surface area contributed by atoms with Gasteiger partial charge in [-0.2, -0.15) is 0 Å². The number of hydrogen-bond donors (Lipinski definition) is 1. The van der Waals surface area contributed by atoms with Crippen LogP contribution >= 0.6 is 0 Å². The molecule has 5 nitrogen and oxygen atoms in total. The minimum Gasteiger partial charge on any atom is -0.398 e. The molecule has 0 bridgehead atoms. The van der Waals surface area contributed by atoms with Gasteiger partial charge >= 0.3 is 0 Å². The molecular weight excluding hydrogens is 278 g/mol. The third-order valence-corrected chi connectivity index (χ3v) is 4.36. The minimum absolute atomic E-state index is 0.183. The molecule has 0 fully saturated rings. The summed E-state index contributed by atoms with van der Waals surface area (Å²) >= 11 is 0. The highest BCUT2D eigenvalue weighted by Gasteiger charge is 2.21. The Morgan fingerprint density at radius 3 is 2.82 bits per heavy atom. The van der Waals surface area contributed by atoms with Crippen LogP contribution in [0.5, 0.6) is 0 Å². The van der Waals surface area contributed by atoms with Crippen molar-refractivity contribution in [1.29, 1.82) is 0 Å². The second kappa shape index (κ2) is 5.67. The predicted molar refractivity (Wildman–Crippen MR) is 88.1 cm³/mol. The molecule has 5 heteroatoms. The largest absolute Gasteiger partial charge is 0.398 e. The molecule has 2 aromatic rings. The van der Waals surface area contributed by atoms with Crippen molar-refractivity contribution in [3.8, 4) is 0 Å². The highest BCUT2D eigenvalue weighted by molar-refractivity contribution is 5.66. The van der Waals surface area contributed by atoms with E-state index in [2.05, 4.69) is 11.0 Å². The van der Waals surface area contributed by atoms with Gasteiger partial charge in [-0.25, -0.2) is 0 Å². The molecule has 0 atom stereocenters. The predicted octanol–water partition coefficient (Wildman–Crippen LogP) is 3.44. The molecule has 0 aromatic heterocycles. The van der Waals surface area contributed by atoms with Gasteiger partial charge in [-0.3, -0.25) is 10.1 Å². The van der Waals surface area contributed by atoms with Crippen LogP contribution in [0.1, 0.15) is 23.1 Å². The van der Waals surface area contributed by atoms with E-state index in [4.69, 9.17) is 5.73 Å². The molecule has 0 saturated heterocycles. The molecule has 114 valence electrons. The molecule has 2 N–H and O–H groups in total. The van der Waals surface area contributed by atoms with Gasteiger partial charge in [-0.05, 0) is 43.0 Å². The van der Waals surface area contributed by atoms with Gasteiger partial charge in [0.2, 0.25) is 0 Å². The zero-order chi connectivity index (χ0) is 15.7. The molecule has 1 heterocycles. The first-order chi connectivity index (χ1) is 10.6. The van der Waals surface area contributed by atoms with Gasteiger partial charge in [0.1, 0.15) is 0 Å². The summed E-state index contributed by atoms with van der Waals surface area (Å²) in [7, 11) is 0. The number of benzene rings is 2. The topological polar surface area (TPSA) is 72.4 Å². The summed E-state index contributed by atoms with van der Waals surface area (Å²) in [5.74, 6) is 0. The molecule has 0 unspecified atom stereocenters. The number of anilines is 2. The summed E-state index contributed by atoms with van der Waals surface area (Å²) in [4.78, 5) is 13.0. The Morgan fingerprint density at radius 2 is 2.05 bits per heavy atom. The molecule has 3 rings (SSSR count). The van der Waals surface area contributed by atoms with Crippen LogP contribution < -0.4 is 10.6 Å². The van der Waals surface area contributed by atoms with Crippen molar-refractivity contribution in [3.05, 3.63) is 63.2 Å². The Hall–Kier alpha value is -2.56. The van der Waals surface area contributed by atoms with Crippen LogP contribution in [0.4, 0.5) is 17.1 Å². The maximum absolute atomic E-state index is 11.1. The summed E-state index contributed by atoms with van der Waals surface area (Å²) in [6, 6.07) is 11.2. The maximum Gasteiger partial charge on any atom is 0.272 e. The monoisotopic (exact) mass is 297 g/mol. The Morgan fingerprint density at radius 1 is 1.27 bits per heavy atom.